The predicted molar refractivity (Wildman–Crippen MR) is 84.1 cm³/mol. The van der Waals surface area contributed by atoms with Crippen LogP contribution in [0.4, 0.5) is 5.69 Å². The largest absolute Gasteiger partial charge is 0.481 e. The summed E-state index contributed by atoms with van der Waals surface area (Å²) in [4.78, 5) is 35.7. The lowest BCUT2D eigenvalue weighted by Crippen LogP contribution is -2.36. The van der Waals surface area contributed by atoms with E-state index in [1.54, 1.807) is 31.2 Å². The van der Waals surface area contributed by atoms with Crippen LogP contribution in [0.25, 0.3) is 0 Å². The Bertz CT molecular complexity index is 598. The molecule has 0 aromatic heterocycles. The Kier molecular flexibility index (Phi) is 5.73. The van der Waals surface area contributed by atoms with Crippen molar-refractivity contribution in [2.24, 2.45) is 11.8 Å². The molecule has 0 bridgehead atoms. The Labute approximate surface area is 134 Å². The van der Waals surface area contributed by atoms with Crippen molar-refractivity contribution in [1.29, 1.82) is 0 Å². The molecule has 1 fully saturated rings. The number of anilines is 1. The molecule has 2 rings (SSSR count). The average Bonchev–Trinajstić information content (AvgIpc) is 2.55. The maximum Gasteiger partial charge on any atom is 0.340 e. The number of esters is 1. The van der Waals surface area contributed by atoms with Crippen molar-refractivity contribution < 1.29 is 24.2 Å². The SMILES string of the molecule is CCOC(=O)c1ccccc1NC(=O)[C@@H]1CCCC[C@H]1C(=O)O. The molecule has 0 radical (unpaired) electrons. The van der Waals surface area contributed by atoms with Crippen molar-refractivity contribution in [2.45, 2.75) is 32.6 Å². The maximum absolute atomic E-state index is 12.5. The van der Waals surface area contributed by atoms with Crippen LogP contribution in [0.3, 0.4) is 0 Å². The molecule has 2 atom stereocenters. The van der Waals surface area contributed by atoms with Gasteiger partial charge >= 0.3 is 11.9 Å². The van der Waals surface area contributed by atoms with Gasteiger partial charge < -0.3 is 15.2 Å². The lowest BCUT2D eigenvalue weighted by Gasteiger charge is -2.27. The molecule has 1 saturated carbocycles. The van der Waals surface area contributed by atoms with Crippen LogP contribution < -0.4 is 5.32 Å². The quantitative estimate of drug-likeness (QED) is 0.814. The summed E-state index contributed by atoms with van der Waals surface area (Å²) in [6, 6.07) is 6.57. The summed E-state index contributed by atoms with van der Waals surface area (Å²) in [5.74, 6) is -3.05. The fourth-order valence-corrected chi connectivity index (χ4v) is 2.94. The minimum atomic E-state index is -0.941. The van der Waals surface area contributed by atoms with Gasteiger partial charge in [0.1, 0.15) is 0 Å². The Morgan fingerprint density at radius 3 is 2.48 bits per heavy atom. The molecular weight excluding hydrogens is 298 g/mol. The van der Waals surface area contributed by atoms with Crippen LogP contribution in [-0.2, 0) is 14.3 Å². The lowest BCUT2D eigenvalue weighted by atomic mass is 9.78. The molecule has 1 aromatic carbocycles. The molecule has 1 aliphatic carbocycles. The summed E-state index contributed by atoms with van der Waals surface area (Å²) in [6.45, 7) is 1.95. The first-order valence-electron chi connectivity index (χ1n) is 7.84. The van der Waals surface area contributed by atoms with E-state index in [1.165, 1.54) is 0 Å². The zero-order chi connectivity index (χ0) is 16.8. The molecule has 1 aromatic rings. The van der Waals surface area contributed by atoms with Crippen molar-refractivity contribution in [1.82, 2.24) is 0 Å². The van der Waals surface area contributed by atoms with Gasteiger partial charge in [-0.15, -0.1) is 0 Å². The Balaban J connectivity index is 2.16. The van der Waals surface area contributed by atoms with Gasteiger partial charge in [-0.25, -0.2) is 4.79 Å². The van der Waals surface area contributed by atoms with Gasteiger partial charge in [-0.05, 0) is 31.9 Å². The molecule has 1 amide bonds. The fourth-order valence-electron chi connectivity index (χ4n) is 2.94. The Morgan fingerprint density at radius 1 is 1.17 bits per heavy atom. The third kappa shape index (κ3) is 4.09. The summed E-state index contributed by atoms with van der Waals surface area (Å²) in [5.41, 5.74) is 0.621. The highest BCUT2D eigenvalue weighted by atomic mass is 16.5. The zero-order valence-corrected chi connectivity index (χ0v) is 13.1. The van der Waals surface area contributed by atoms with Gasteiger partial charge in [0.05, 0.1) is 29.7 Å². The minimum Gasteiger partial charge on any atom is -0.481 e. The van der Waals surface area contributed by atoms with Crippen LogP contribution >= 0.6 is 0 Å². The van der Waals surface area contributed by atoms with Gasteiger partial charge in [0.15, 0.2) is 0 Å². The van der Waals surface area contributed by atoms with Gasteiger partial charge in [-0.1, -0.05) is 25.0 Å². The molecule has 0 heterocycles. The fraction of sp³-hybridized carbons (Fsp3) is 0.471. The highest BCUT2D eigenvalue weighted by Crippen LogP contribution is 2.31. The number of carbonyl (C=O) groups is 3. The molecule has 1 aliphatic rings. The highest BCUT2D eigenvalue weighted by molar-refractivity contribution is 6.02. The summed E-state index contributed by atoms with van der Waals surface area (Å²) < 4.78 is 4.97. The monoisotopic (exact) mass is 319 g/mol. The summed E-state index contributed by atoms with van der Waals surface area (Å²) >= 11 is 0. The summed E-state index contributed by atoms with van der Waals surface area (Å²) in [6.07, 6.45) is 2.71. The normalized spacial score (nSPS) is 20.6. The Morgan fingerprint density at radius 2 is 1.83 bits per heavy atom. The molecule has 23 heavy (non-hydrogen) atoms. The second kappa shape index (κ2) is 7.76. The van der Waals surface area contributed by atoms with Crippen LogP contribution in [0, 0.1) is 11.8 Å². The highest BCUT2D eigenvalue weighted by Gasteiger charge is 2.36. The second-order valence-corrected chi connectivity index (χ2v) is 5.59. The van der Waals surface area contributed by atoms with Gasteiger partial charge in [-0.2, -0.15) is 0 Å². The first-order chi connectivity index (χ1) is 11.0. The number of ether oxygens (including phenoxy) is 1. The van der Waals surface area contributed by atoms with Gasteiger partial charge in [0.2, 0.25) is 5.91 Å². The van der Waals surface area contributed by atoms with E-state index in [0.29, 0.717) is 18.5 Å². The molecule has 2 N–H and O–H groups in total. The van der Waals surface area contributed by atoms with Crippen LogP contribution in [0.2, 0.25) is 0 Å². The van der Waals surface area contributed by atoms with Gasteiger partial charge in [0.25, 0.3) is 0 Å². The molecule has 0 saturated heterocycles. The number of benzene rings is 1. The van der Waals surface area contributed by atoms with E-state index in [0.717, 1.165) is 12.8 Å². The molecule has 6 heteroatoms. The smallest absolute Gasteiger partial charge is 0.340 e. The first kappa shape index (κ1) is 17.0. The van der Waals surface area contributed by atoms with E-state index < -0.39 is 23.8 Å². The van der Waals surface area contributed by atoms with E-state index in [-0.39, 0.29) is 18.1 Å². The maximum atomic E-state index is 12.5. The number of carboxylic acids is 1. The van der Waals surface area contributed by atoms with Gasteiger partial charge in [0, 0.05) is 0 Å². The van der Waals surface area contributed by atoms with E-state index in [2.05, 4.69) is 5.32 Å². The molecular formula is C17H21NO5. The molecule has 6 nitrogen and oxygen atoms in total. The van der Waals surface area contributed by atoms with Crippen LogP contribution in [0.15, 0.2) is 24.3 Å². The minimum absolute atomic E-state index is 0.241. The molecule has 0 aliphatic heterocycles. The standard InChI is InChI=1S/C17H21NO5/c1-2-23-17(22)13-9-5-6-10-14(13)18-15(19)11-7-3-4-8-12(11)16(20)21/h5-6,9-12H,2-4,7-8H2,1H3,(H,18,19)(H,20,21)/t11-,12-/m1/s1. The van der Waals surface area contributed by atoms with Crippen LogP contribution in [-0.4, -0.2) is 29.6 Å². The van der Waals surface area contributed by atoms with Crippen LogP contribution in [0.1, 0.15) is 43.0 Å². The number of carboxylic acid groups (broad SMARTS) is 1. The number of para-hydroxylation sites is 1. The second-order valence-electron chi connectivity index (χ2n) is 5.59. The van der Waals surface area contributed by atoms with E-state index in [9.17, 15) is 19.5 Å². The number of hydrogen-bond acceptors (Lipinski definition) is 4. The third-order valence-corrected chi connectivity index (χ3v) is 4.10. The molecule has 124 valence electrons. The summed E-state index contributed by atoms with van der Waals surface area (Å²) in [5, 5.41) is 12.0. The molecule has 0 unspecified atom stereocenters. The third-order valence-electron chi connectivity index (χ3n) is 4.10. The topological polar surface area (TPSA) is 92.7 Å². The van der Waals surface area contributed by atoms with E-state index in [4.69, 9.17) is 4.74 Å². The average molecular weight is 319 g/mol. The van der Waals surface area contributed by atoms with Crippen molar-refractivity contribution in [2.75, 3.05) is 11.9 Å². The predicted octanol–water partition coefficient (Wildman–Crippen LogP) is 2.69. The number of nitrogens with one attached hydrogen (secondary N) is 1. The zero-order valence-electron chi connectivity index (χ0n) is 13.1. The number of rotatable bonds is 5. The van der Waals surface area contributed by atoms with E-state index in [1.807, 2.05) is 0 Å². The first-order valence-corrected chi connectivity index (χ1v) is 7.84. The van der Waals surface area contributed by atoms with E-state index >= 15 is 0 Å². The molecule has 0 spiro atoms. The number of aliphatic carboxylic acids is 1. The number of amides is 1. The van der Waals surface area contributed by atoms with Crippen molar-refractivity contribution >= 4 is 23.5 Å². The van der Waals surface area contributed by atoms with Crippen LogP contribution in [0.5, 0.6) is 0 Å². The summed E-state index contributed by atoms with van der Waals surface area (Å²) in [7, 11) is 0. The van der Waals surface area contributed by atoms with Crippen molar-refractivity contribution in [3.05, 3.63) is 29.8 Å². The van der Waals surface area contributed by atoms with Gasteiger partial charge in [-0.3, -0.25) is 9.59 Å². The van der Waals surface area contributed by atoms with Crippen molar-refractivity contribution in [3.8, 4) is 0 Å². The number of hydrogen-bond donors (Lipinski definition) is 2. The van der Waals surface area contributed by atoms with Crippen molar-refractivity contribution in [3.63, 3.8) is 0 Å². The number of carbonyl (C=O) groups excluding carboxylic acids is 2. The Hall–Kier alpha value is -2.37. The lowest BCUT2D eigenvalue weighted by molar-refractivity contribution is -0.147.